The fraction of sp³-hybridized carbons (Fsp3) is 0.429. The van der Waals surface area contributed by atoms with Crippen molar-refractivity contribution in [2.45, 2.75) is 43.5 Å². The molecule has 1 N–H and O–H groups in total. The van der Waals surface area contributed by atoms with Crippen molar-refractivity contribution >= 4 is 15.7 Å². The molecule has 2 aromatic rings. The van der Waals surface area contributed by atoms with Crippen LogP contribution in [0.15, 0.2) is 53.4 Å². The minimum atomic E-state index is -3.50. The van der Waals surface area contributed by atoms with Crippen molar-refractivity contribution in [1.82, 2.24) is 4.31 Å². The summed E-state index contributed by atoms with van der Waals surface area (Å²) in [5.74, 6) is 0.632. The number of hydrogen-bond donors (Lipinski definition) is 1. The molecule has 1 atom stereocenters. The van der Waals surface area contributed by atoms with E-state index in [1.807, 2.05) is 37.3 Å². The van der Waals surface area contributed by atoms with Gasteiger partial charge >= 0.3 is 0 Å². The summed E-state index contributed by atoms with van der Waals surface area (Å²) < 4.78 is 33.3. The van der Waals surface area contributed by atoms with E-state index in [1.165, 1.54) is 0 Å². The number of anilines is 1. The molecule has 0 amide bonds. The zero-order valence-electron chi connectivity index (χ0n) is 16.0. The normalized spacial score (nSPS) is 17.1. The van der Waals surface area contributed by atoms with E-state index in [1.54, 1.807) is 29.6 Å². The predicted octanol–water partition coefficient (Wildman–Crippen LogP) is 4.43. The molecule has 0 aromatic heterocycles. The van der Waals surface area contributed by atoms with Gasteiger partial charge in [-0.15, -0.1) is 0 Å². The third kappa shape index (κ3) is 4.62. The third-order valence-electron chi connectivity index (χ3n) is 5.05. The van der Waals surface area contributed by atoms with E-state index in [2.05, 4.69) is 5.32 Å². The van der Waals surface area contributed by atoms with Crippen molar-refractivity contribution in [2.24, 2.45) is 0 Å². The highest BCUT2D eigenvalue weighted by Gasteiger charge is 2.26. The highest BCUT2D eigenvalue weighted by Crippen LogP contribution is 2.32. The fourth-order valence-electron chi connectivity index (χ4n) is 3.45. The molecule has 1 aliphatic rings. The quantitative estimate of drug-likeness (QED) is 0.795. The maximum Gasteiger partial charge on any atom is 0.243 e. The molecular formula is C21H28N2O3S. The molecule has 1 aliphatic heterocycles. The van der Waals surface area contributed by atoms with E-state index in [9.17, 15) is 8.42 Å². The molecule has 0 radical (unpaired) electrons. The lowest BCUT2D eigenvalue weighted by Gasteiger charge is -2.22. The zero-order chi connectivity index (χ0) is 19.3. The van der Waals surface area contributed by atoms with Crippen molar-refractivity contribution in [3.8, 4) is 5.75 Å². The van der Waals surface area contributed by atoms with Gasteiger partial charge in [-0.25, -0.2) is 8.42 Å². The van der Waals surface area contributed by atoms with Gasteiger partial charge in [0.1, 0.15) is 5.75 Å². The Balaban J connectivity index is 1.88. The lowest BCUT2D eigenvalue weighted by molar-refractivity contribution is 0.414. The first kappa shape index (κ1) is 19.7. The number of methoxy groups -OCH3 is 1. The van der Waals surface area contributed by atoms with Crippen molar-refractivity contribution in [3.63, 3.8) is 0 Å². The van der Waals surface area contributed by atoms with Crippen molar-refractivity contribution in [2.75, 3.05) is 25.5 Å². The largest absolute Gasteiger partial charge is 0.495 e. The summed E-state index contributed by atoms with van der Waals surface area (Å²) >= 11 is 0. The van der Waals surface area contributed by atoms with Crippen LogP contribution in [0.25, 0.3) is 0 Å². The Kier molecular flexibility index (Phi) is 6.39. The maximum atomic E-state index is 13.1. The Morgan fingerprint density at radius 2 is 1.67 bits per heavy atom. The molecule has 27 heavy (non-hydrogen) atoms. The van der Waals surface area contributed by atoms with Gasteiger partial charge in [-0.2, -0.15) is 4.31 Å². The van der Waals surface area contributed by atoms with Gasteiger partial charge in [-0.3, -0.25) is 0 Å². The van der Waals surface area contributed by atoms with Gasteiger partial charge < -0.3 is 10.1 Å². The van der Waals surface area contributed by atoms with Gasteiger partial charge in [0.05, 0.1) is 17.7 Å². The van der Waals surface area contributed by atoms with Gasteiger partial charge in [-0.05, 0) is 43.5 Å². The summed E-state index contributed by atoms with van der Waals surface area (Å²) in [5.41, 5.74) is 1.81. The average Bonchev–Trinajstić information content (AvgIpc) is 2.98. The second-order valence-corrected chi connectivity index (χ2v) is 8.90. The molecule has 1 heterocycles. The van der Waals surface area contributed by atoms with Crippen LogP contribution in [0.5, 0.6) is 5.75 Å². The molecule has 0 aliphatic carbocycles. The van der Waals surface area contributed by atoms with E-state index in [-0.39, 0.29) is 6.04 Å². The van der Waals surface area contributed by atoms with Crippen molar-refractivity contribution in [1.29, 1.82) is 0 Å². The summed E-state index contributed by atoms with van der Waals surface area (Å²) in [6.45, 7) is 3.24. The summed E-state index contributed by atoms with van der Waals surface area (Å²) in [6, 6.07) is 15.1. The molecule has 2 aromatic carbocycles. The highest BCUT2D eigenvalue weighted by atomic mass is 32.2. The number of sulfonamides is 1. The van der Waals surface area contributed by atoms with Gasteiger partial charge in [0, 0.05) is 19.1 Å². The van der Waals surface area contributed by atoms with Crippen LogP contribution in [0.3, 0.4) is 0 Å². The number of hydrogen-bond acceptors (Lipinski definition) is 4. The van der Waals surface area contributed by atoms with E-state index >= 15 is 0 Å². The SMILES string of the molecule is COc1ccc(S(=O)(=O)N2CCCCCC2)cc1NC(C)c1ccccc1. The van der Waals surface area contributed by atoms with Crippen LogP contribution < -0.4 is 10.1 Å². The summed E-state index contributed by atoms with van der Waals surface area (Å²) in [7, 11) is -1.90. The lowest BCUT2D eigenvalue weighted by Crippen LogP contribution is -2.32. The van der Waals surface area contributed by atoms with E-state index < -0.39 is 10.0 Å². The molecule has 0 saturated carbocycles. The van der Waals surface area contributed by atoms with Crippen molar-refractivity contribution in [3.05, 3.63) is 54.1 Å². The first-order chi connectivity index (χ1) is 13.0. The first-order valence-corrected chi connectivity index (χ1v) is 11.0. The Morgan fingerprint density at radius 1 is 1.00 bits per heavy atom. The van der Waals surface area contributed by atoms with Crippen LogP contribution in [0.4, 0.5) is 5.69 Å². The lowest BCUT2D eigenvalue weighted by atomic mass is 10.1. The van der Waals surface area contributed by atoms with Crippen LogP contribution in [0.2, 0.25) is 0 Å². The number of nitrogens with one attached hydrogen (secondary N) is 1. The average molecular weight is 389 g/mol. The molecule has 1 fully saturated rings. The molecule has 1 unspecified atom stereocenters. The smallest absolute Gasteiger partial charge is 0.243 e. The number of benzene rings is 2. The molecule has 0 bridgehead atoms. The Labute approximate surface area is 162 Å². The van der Waals surface area contributed by atoms with Gasteiger partial charge in [0.15, 0.2) is 0 Å². The molecule has 5 nitrogen and oxygen atoms in total. The molecular weight excluding hydrogens is 360 g/mol. The number of rotatable bonds is 6. The topological polar surface area (TPSA) is 58.6 Å². The van der Waals surface area contributed by atoms with Gasteiger partial charge in [-0.1, -0.05) is 43.2 Å². The van der Waals surface area contributed by atoms with Gasteiger partial charge in [0.2, 0.25) is 10.0 Å². The number of nitrogens with zero attached hydrogens (tertiary/aromatic N) is 1. The molecule has 3 rings (SSSR count). The van der Waals surface area contributed by atoms with Crippen LogP contribution in [0, 0.1) is 0 Å². The van der Waals surface area contributed by atoms with Crippen LogP contribution in [-0.4, -0.2) is 32.9 Å². The maximum absolute atomic E-state index is 13.1. The van der Waals surface area contributed by atoms with E-state index in [4.69, 9.17) is 4.74 Å². The Morgan fingerprint density at radius 3 is 2.30 bits per heavy atom. The summed E-state index contributed by atoms with van der Waals surface area (Å²) in [4.78, 5) is 0.313. The molecule has 146 valence electrons. The van der Waals surface area contributed by atoms with E-state index in [0.29, 0.717) is 29.4 Å². The number of ether oxygens (including phenoxy) is 1. The predicted molar refractivity (Wildman–Crippen MR) is 109 cm³/mol. The van der Waals surface area contributed by atoms with Crippen LogP contribution >= 0.6 is 0 Å². The monoisotopic (exact) mass is 388 g/mol. The summed E-state index contributed by atoms with van der Waals surface area (Å²) in [5, 5.41) is 3.40. The van der Waals surface area contributed by atoms with Crippen LogP contribution in [0.1, 0.15) is 44.2 Å². The summed E-state index contributed by atoms with van der Waals surface area (Å²) in [6.07, 6.45) is 4.03. The zero-order valence-corrected chi connectivity index (χ0v) is 16.8. The van der Waals surface area contributed by atoms with Crippen LogP contribution in [-0.2, 0) is 10.0 Å². The fourth-order valence-corrected chi connectivity index (χ4v) is 4.99. The minimum Gasteiger partial charge on any atom is -0.495 e. The first-order valence-electron chi connectivity index (χ1n) is 9.52. The Hall–Kier alpha value is -2.05. The molecule has 1 saturated heterocycles. The minimum absolute atomic E-state index is 0.0243. The van der Waals surface area contributed by atoms with E-state index in [0.717, 1.165) is 31.2 Å². The standard InChI is InChI=1S/C21H28N2O3S/c1-17(18-10-6-5-7-11-18)22-20-16-19(12-13-21(20)26-2)27(24,25)23-14-8-3-4-9-15-23/h5-7,10-13,16-17,22H,3-4,8-9,14-15H2,1-2H3. The molecule has 6 heteroatoms. The molecule has 0 spiro atoms. The second-order valence-electron chi connectivity index (χ2n) is 6.96. The Bertz CT molecular complexity index is 845. The highest BCUT2D eigenvalue weighted by molar-refractivity contribution is 7.89. The third-order valence-corrected chi connectivity index (χ3v) is 6.94. The van der Waals surface area contributed by atoms with Gasteiger partial charge in [0.25, 0.3) is 0 Å². The second kappa shape index (κ2) is 8.76. The van der Waals surface area contributed by atoms with Crippen molar-refractivity contribution < 1.29 is 13.2 Å².